The zero-order valence-electron chi connectivity index (χ0n) is 18.0. The van der Waals surface area contributed by atoms with E-state index in [-0.39, 0.29) is 23.5 Å². The van der Waals surface area contributed by atoms with E-state index in [9.17, 15) is 9.59 Å². The maximum absolute atomic E-state index is 11.9. The minimum absolute atomic E-state index is 0.0135. The fourth-order valence-electron chi connectivity index (χ4n) is 6.24. The van der Waals surface area contributed by atoms with Crippen molar-refractivity contribution in [1.29, 1.82) is 0 Å². The largest absolute Gasteiger partial charge is 0.462 e. The number of allylic oxidation sites excluding steroid dienone is 1. The van der Waals surface area contributed by atoms with E-state index in [1.165, 1.54) is 12.5 Å². The Morgan fingerprint density at radius 2 is 2.04 bits per heavy atom. The topological polar surface area (TPSA) is 43.4 Å². The normalized spacial score (nSPS) is 54.3. The van der Waals surface area contributed by atoms with Crippen molar-refractivity contribution < 1.29 is 18.4 Å². The van der Waals surface area contributed by atoms with Gasteiger partial charge >= 0.3 is 5.97 Å². The minimum Gasteiger partial charge on any atom is -0.462 e. The summed E-state index contributed by atoms with van der Waals surface area (Å²) in [6.45, 7) is 5.52. The molecule has 0 saturated heterocycles. The molecular weight excluding hydrogens is 300 g/mol. The Hall–Kier alpha value is -1.12. The van der Waals surface area contributed by atoms with Gasteiger partial charge in [-0.05, 0) is 74.1 Å². The highest BCUT2D eigenvalue weighted by atomic mass is 16.5. The third-order valence-electron chi connectivity index (χ3n) is 7.60. The van der Waals surface area contributed by atoms with Crippen molar-refractivity contribution in [1.82, 2.24) is 0 Å². The van der Waals surface area contributed by atoms with E-state index < -0.39 is 23.8 Å². The number of hydrogen-bond acceptors (Lipinski definition) is 3. The molecule has 3 nitrogen and oxygen atoms in total. The van der Waals surface area contributed by atoms with Gasteiger partial charge in [0.2, 0.25) is 0 Å². The second-order valence-corrected chi connectivity index (χ2v) is 8.73. The molecule has 0 aliphatic heterocycles. The first kappa shape index (κ1) is 13.1. The maximum atomic E-state index is 11.9. The van der Waals surface area contributed by atoms with Gasteiger partial charge in [-0.3, -0.25) is 9.59 Å². The van der Waals surface area contributed by atoms with Gasteiger partial charge in [-0.25, -0.2) is 0 Å². The average molecular weight is 333 g/mol. The predicted molar refractivity (Wildman–Crippen MR) is 92.3 cm³/mol. The van der Waals surface area contributed by atoms with Crippen LogP contribution in [0.25, 0.3) is 0 Å². The van der Waals surface area contributed by atoms with E-state index in [0.717, 1.165) is 25.7 Å². The lowest BCUT2D eigenvalue weighted by molar-refractivity contribution is -0.157. The number of rotatable bonds is 1. The highest BCUT2D eigenvalue weighted by Crippen LogP contribution is 2.65. The number of carbonyl (C=O) groups is 2. The van der Waals surface area contributed by atoms with Gasteiger partial charge in [-0.2, -0.15) is 0 Å². The van der Waals surface area contributed by atoms with Crippen LogP contribution in [0.15, 0.2) is 11.6 Å². The molecular formula is C21H30O3. The van der Waals surface area contributed by atoms with Crippen LogP contribution in [0.3, 0.4) is 0 Å². The summed E-state index contributed by atoms with van der Waals surface area (Å²) in [7, 11) is 0. The van der Waals surface area contributed by atoms with Crippen LogP contribution >= 0.6 is 0 Å². The summed E-state index contributed by atoms with van der Waals surface area (Å²) in [6.07, 6.45) is 3.35. The molecule has 0 aromatic carbocycles. The molecule has 3 heteroatoms. The SMILES string of the molecule is [2H]C1([2H])C[C@H]2[C@@H]3CCC4=CC(=O)CC[C@]4(C)[C@H]3CC[C@]2(C)[C@@]1([2H])OC(C)=O. The summed E-state index contributed by atoms with van der Waals surface area (Å²) >= 11 is 0. The second-order valence-electron chi connectivity index (χ2n) is 8.73. The third-order valence-corrected chi connectivity index (χ3v) is 7.60. The summed E-state index contributed by atoms with van der Waals surface area (Å²) in [5.41, 5.74) is 0.618. The Balaban J connectivity index is 1.73. The Bertz CT molecular complexity index is 732. The predicted octanol–water partition coefficient (Wildman–Crippen LogP) is 4.45. The van der Waals surface area contributed by atoms with E-state index in [4.69, 9.17) is 8.85 Å². The van der Waals surface area contributed by atoms with Gasteiger partial charge in [0.15, 0.2) is 5.78 Å². The highest BCUT2D eigenvalue weighted by molar-refractivity contribution is 5.91. The molecule has 132 valence electrons. The van der Waals surface area contributed by atoms with Gasteiger partial charge in [-0.1, -0.05) is 19.4 Å². The smallest absolute Gasteiger partial charge is 0.302 e. The summed E-state index contributed by atoms with van der Waals surface area (Å²) in [4.78, 5) is 23.6. The van der Waals surface area contributed by atoms with E-state index in [1.807, 2.05) is 13.0 Å². The number of carbonyl (C=O) groups excluding carboxylic acids is 2. The number of esters is 1. The van der Waals surface area contributed by atoms with Crippen LogP contribution < -0.4 is 0 Å². The summed E-state index contributed by atoms with van der Waals surface area (Å²) < 4.78 is 31.5. The first-order valence-corrected chi connectivity index (χ1v) is 9.38. The zero-order valence-corrected chi connectivity index (χ0v) is 15.0. The molecule has 4 rings (SSSR count). The molecule has 3 saturated carbocycles. The highest BCUT2D eigenvalue weighted by Gasteiger charge is 2.59. The summed E-state index contributed by atoms with van der Waals surface area (Å²) in [5.74, 6) is 0.415. The van der Waals surface area contributed by atoms with Crippen molar-refractivity contribution in [3.05, 3.63) is 11.6 Å². The van der Waals surface area contributed by atoms with Crippen LogP contribution in [0.5, 0.6) is 0 Å². The van der Waals surface area contributed by atoms with Crippen LogP contribution in [0.2, 0.25) is 0 Å². The quantitative estimate of drug-likeness (QED) is 0.666. The zero-order chi connectivity index (χ0) is 19.8. The molecule has 0 amide bonds. The van der Waals surface area contributed by atoms with Crippen LogP contribution in [0.4, 0.5) is 0 Å². The Labute approximate surface area is 149 Å². The standard InChI is InChI=1S/C21H30O3/c1-13(22)24-19-7-6-17-16-5-4-14-12-15(23)8-10-20(14,2)18(16)9-11-21(17,19)3/h12,16-19H,4-11H2,1-3H3/t16-,17-,18-,19-,20-,21-/m0/s1/i7D2,19D. The molecule has 6 atom stereocenters. The van der Waals surface area contributed by atoms with Gasteiger partial charge in [0.1, 0.15) is 6.08 Å². The molecule has 0 unspecified atom stereocenters. The van der Waals surface area contributed by atoms with Gasteiger partial charge in [0.25, 0.3) is 0 Å². The number of ether oxygens (including phenoxy) is 1. The van der Waals surface area contributed by atoms with Gasteiger partial charge in [-0.15, -0.1) is 0 Å². The second kappa shape index (κ2) is 5.44. The van der Waals surface area contributed by atoms with Gasteiger partial charge in [0.05, 0.1) is 1.37 Å². The fraction of sp³-hybridized carbons (Fsp3) is 0.810. The molecule has 0 spiro atoms. The summed E-state index contributed by atoms with van der Waals surface area (Å²) in [6, 6.07) is 0. The lowest BCUT2D eigenvalue weighted by Gasteiger charge is -2.57. The van der Waals surface area contributed by atoms with Crippen molar-refractivity contribution >= 4 is 11.8 Å². The Morgan fingerprint density at radius 3 is 2.79 bits per heavy atom. The van der Waals surface area contributed by atoms with Gasteiger partial charge < -0.3 is 4.74 Å². The van der Waals surface area contributed by atoms with Crippen molar-refractivity contribution in [2.45, 2.75) is 78.2 Å². The molecule has 3 fully saturated rings. The molecule has 0 aromatic heterocycles. The molecule has 0 aromatic rings. The maximum Gasteiger partial charge on any atom is 0.302 e. The number of fused-ring (bicyclic) bond motifs is 5. The van der Waals surface area contributed by atoms with Crippen molar-refractivity contribution in [3.8, 4) is 0 Å². The first-order chi connectivity index (χ1) is 12.4. The lowest BCUT2D eigenvalue weighted by Crippen LogP contribution is -2.51. The molecule has 0 N–H and O–H groups in total. The molecule has 0 bridgehead atoms. The third kappa shape index (κ3) is 2.23. The van der Waals surface area contributed by atoms with Crippen molar-refractivity contribution in [2.75, 3.05) is 0 Å². The molecule has 4 aliphatic rings. The molecule has 24 heavy (non-hydrogen) atoms. The van der Waals surface area contributed by atoms with Gasteiger partial charge in [0, 0.05) is 21.5 Å². The first-order valence-electron chi connectivity index (χ1n) is 10.9. The minimum atomic E-state index is -1.85. The monoisotopic (exact) mass is 333 g/mol. The fourth-order valence-corrected chi connectivity index (χ4v) is 6.24. The van der Waals surface area contributed by atoms with Crippen molar-refractivity contribution in [2.24, 2.45) is 28.6 Å². The van der Waals surface area contributed by atoms with Crippen LogP contribution in [-0.4, -0.2) is 17.8 Å². The van der Waals surface area contributed by atoms with E-state index in [2.05, 4.69) is 6.92 Å². The van der Waals surface area contributed by atoms with E-state index in [1.54, 1.807) is 0 Å². The average Bonchev–Trinajstić information content (AvgIpc) is 2.71. The van der Waals surface area contributed by atoms with Crippen molar-refractivity contribution in [3.63, 3.8) is 0 Å². The van der Waals surface area contributed by atoms with Crippen LogP contribution in [0, 0.1) is 28.6 Å². The Morgan fingerprint density at radius 1 is 1.25 bits per heavy atom. The van der Waals surface area contributed by atoms with E-state index >= 15 is 0 Å². The van der Waals surface area contributed by atoms with Crippen LogP contribution in [-0.2, 0) is 14.3 Å². The summed E-state index contributed by atoms with van der Waals surface area (Å²) in [5, 5.41) is 0. The number of ketones is 1. The van der Waals surface area contributed by atoms with Crippen LogP contribution in [0.1, 0.15) is 76.2 Å². The molecule has 0 heterocycles. The molecule has 0 radical (unpaired) electrons. The Kier molecular flexibility index (Phi) is 2.98. The lowest BCUT2D eigenvalue weighted by atomic mass is 9.47. The van der Waals surface area contributed by atoms with E-state index in [0.29, 0.717) is 24.7 Å². The molecule has 4 aliphatic carbocycles. The number of hydrogen-bond donors (Lipinski definition) is 0.